The summed E-state index contributed by atoms with van der Waals surface area (Å²) in [4.78, 5) is 43.1. The van der Waals surface area contributed by atoms with E-state index in [1.807, 2.05) is 0 Å². The lowest BCUT2D eigenvalue weighted by Crippen LogP contribution is -2.29. The van der Waals surface area contributed by atoms with Gasteiger partial charge in [-0.1, -0.05) is 246 Å². The molecule has 2 atom stereocenters. The van der Waals surface area contributed by atoms with E-state index in [-0.39, 0.29) is 19.4 Å². The van der Waals surface area contributed by atoms with Crippen LogP contribution in [0.5, 0.6) is 0 Å². The molecule has 0 saturated carbocycles. The van der Waals surface area contributed by atoms with Crippen molar-refractivity contribution in [3.8, 4) is 0 Å². The third-order valence-corrected chi connectivity index (χ3v) is 12.3. The van der Waals surface area contributed by atoms with Crippen LogP contribution in [-0.2, 0) is 28.2 Å². The van der Waals surface area contributed by atoms with E-state index in [1.54, 1.807) is 0 Å². The van der Waals surface area contributed by atoms with E-state index in [1.165, 1.54) is 193 Å². The minimum Gasteiger partial charge on any atom is -0.462 e. The molecular formula is C49H97O8P. The van der Waals surface area contributed by atoms with Crippen molar-refractivity contribution in [1.82, 2.24) is 0 Å². The SMILES string of the molecule is CCC(C)CCCCCCCCCCCCCCCCCCCCC(=O)O[C@H](COC(=O)CCCCCCCCCCCCCCCCCC(C)C)COP(=O)(O)O. The number of carbonyl (C=O) groups excluding carboxylic acids is 2. The van der Waals surface area contributed by atoms with Gasteiger partial charge >= 0.3 is 19.8 Å². The number of rotatable bonds is 46. The van der Waals surface area contributed by atoms with Crippen LogP contribution >= 0.6 is 7.82 Å². The molecule has 0 rings (SSSR count). The summed E-state index contributed by atoms with van der Waals surface area (Å²) in [5, 5.41) is 0. The van der Waals surface area contributed by atoms with Gasteiger partial charge in [0.05, 0.1) is 6.61 Å². The fourth-order valence-electron chi connectivity index (χ4n) is 7.71. The molecule has 346 valence electrons. The average Bonchev–Trinajstić information content (AvgIpc) is 3.18. The van der Waals surface area contributed by atoms with Crippen molar-refractivity contribution in [2.24, 2.45) is 11.8 Å². The van der Waals surface area contributed by atoms with Gasteiger partial charge in [0.15, 0.2) is 6.10 Å². The molecule has 0 amide bonds. The summed E-state index contributed by atoms with van der Waals surface area (Å²) in [6.45, 7) is 8.48. The number of hydrogen-bond acceptors (Lipinski definition) is 6. The Morgan fingerprint density at radius 3 is 1.09 bits per heavy atom. The molecule has 0 fully saturated rings. The van der Waals surface area contributed by atoms with E-state index in [2.05, 4.69) is 32.2 Å². The highest BCUT2D eigenvalue weighted by Crippen LogP contribution is 2.36. The molecule has 0 heterocycles. The lowest BCUT2D eigenvalue weighted by Gasteiger charge is -2.18. The van der Waals surface area contributed by atoms with E-state index in [4.69, 9.17) is 19.3 Å². The van der Waals surface area contributed by atoms with Gasteiger partial charge in [0, 0.05) is 12.8 Å². The zero-order chi connectivity index (χ0) is 42.8. The molecule has 1 unspecified atom stereocenters. The summed E-state index contributed by atoms with van der Waals surface area (Å²) in [5.41, 5.74) is 0. The molecule has 8 nitrogen and oxygen atoms in total. The van der Waals surface area contributed by atoms with E-state index in [9.17, 15) is 14.2 Å². The van der Waals surface area contributed by atoms with Gasteiger partial charge in [-0.2, -0.15) is 0 Å². The van der Waals surface area contributed by atoms with Crippen molar-refractivity contribution in [2.45, 2.75) is 278 Å². The van der Waals surface area contributed by atoms with Crippen LogP contribution in [-0.4, -0.2) is 41.0 Å². The van der Waals surface area contributed by atoms with Gasteiger partial charge in [0.2, 0.25) is 0 Å². The molecule has 0 bridgehead atoms. The first-order valence-electron chi connectivity index (χ1n) is 25.1. The lowest BCUT2D eigenvalue weighted by atomic mass is 9.99. The molecule has 0 aliphatic heterocycles. The van der Waals surface area contributed by atoms with E-state index in [0.29, 0.717) is 6.42 Å². The first-order valence-corrected chi connectivity index (χ1v) is 26.6. The standard InChI is InChI=1S/C49H97O8P/c1-5-46(4)40-36-32-28-24-20-16-12-8-6-7-9-13-18-22-26-30-34-38-42-49(51)57-47(44-56-58(52,53)54)43-55-48(50)41-37-33-29-25-21-17-14-10-11-15-19-23-27-31-35-39-45(2)3/h45-47H,5-44H2,1-4H3,(H2,52,53,54)/t46?,47-/m1/s1. The Balaban J connectivity index is 3.77. The van der Waals surface area contributed by atoms with Crippen LogP contribution in [0.3, 0.4) is 0 Å². The summed E-state index contributed by atoms with van der Waals surface area (Å²) in [5.74, 6) is 0.874. The molecule has 0 spiro atoms. The maximum atomic E-state index is 12.5. The van der Waals surface area contributed by atoms with Gasteiger partial charge in [0.1, 0.15) is 6.61 Å². The van der Waals surface area contributed by atoms with Crippen LogP contribution in [0.1, 0.15) is 272 Å². The summed E-state index contributed by atoms with van der Waals surface area (Å²) in [6, 6.07) is 0. The van der Waals surface area contributed by atoms with Crippen LogP contribution in [0.15, 0.2) is 0 Å². The molecule has 0 aromatic heterocycles. The van der Waals surface area contributed by atoms with E-state index in [0.717, 1.165) is 43.9 Å². The van der Waals surface area contributed by atoms with E-state index >= 15 is 0 Å². The molecular weight excluding hydrogens is 748 g/mol. The van der Waals surface area contributed by atoms with Crippen molar-refractivity contribution in [1.29, 1.82) is 0 Å². The minimum atomic E-state index is -4.75. The topological polar surface area (TPSA) is 119 Å². The zero-order valence-electron chi connectivity index (χ0n) is 38.8. The third-order valence-electron chi connectivity index (χ3n) is 11.8. The Morgan fingerprint density at radius 2 is 0.759 bits per heavy atom. The Bertz CT molecular complexity index is 938. The minimum absolute atomic E-state index is 0.220. The number of ether oxygens (including phenoxy) is 2. The second-order valence-corrected chi connectivity index (χ2v) is 19.5. The smallest absolute Gasteiger partial charge is 0.462 e. The molecule has 2 N–H and O–H groups in total. The highest BCUT2D eigenvalue weighted by molar-refractivity contribution is 7.46. The van der Waals surface area contributed by atoms with Gasteiger partial charge in [0.25, 0.3) is 0 Å². The highest BCUT2D eigenvalue weighted by atomic mass is 31.2. The van der Waals surface area contributed by atoms with Gasteiger partial charge < -0.3 is 19.3 Å². The fourth-order valence-corrected chi connectivity index (χ4v) is 8.07. The third kappa shape index (κ3) is 46.1. The molecule has 0 aliphatic rings. The van der Waals surface area contributed by atoms with Crippen LogP contribution in [0, 0.1) is 11.8 Å². The maximum absolute atomic E-state index is 12.5. The largest absolute Gasteiger partial charge is 0.469 e. The second-order valence-electron chi connectivity index (χ2n) is 18.2. The van der Waals surface area contributed by atoms with Crippen molar-refractivity contribution >= 4 is 19.8 Å². The van der Waals surface area contributed by atoms with Gasteiger partial charge in [-0.3, -0.25) is 14.1 Å². The number of phosphoric ester groups is 1. The van der Waals surface area contributed by atoms with Gasteiger partial charge in [-0.05, 0) is 24.7 Å². The Labute approximate surface area is 359 Å². The normalized spacial score (nSPS) is 12.9. The lowest BCUT2D eigenvalue weighted by molar-refractivity contribution is -0.161. The summed E-state index contributed by atoms with van der Waals surface area (Å²) in [7, 11) is -4.75. The zero-order valence-corrected chi connectivity index (χ0v) is 39.7. The predicted molar refractivity (Wildman–Crippen MR) is 244 cm³/mol. The Morgan fingerprint density at radius 1 is 0.448 bits per heavy atom. The van der Waals surface area contributed by atoms with Crippen LogP contribution in [0.25, 0.3) is 0 Å². The van der Waals surface area contributed by atoms with Crippen molar-refractivity contribution in [3.63, 3.8) is 0 Å². The number of phosphoric acid groups is 1. The summed E-state index contributed by atoms with van der Waals surface area (Å²) in [6.07, 6.45) is 45.4. The molecule has 0 aromatic rings. The van der Waals surface area contributed by atoms with Crippen LogP contribution < -0.4 is 0 Å². The fraction of sp³-hybridized carbons (Fsp3) is 0.959. The van der Waals surface area contributed by atoms with Gasteiger partial charge in [-0.15, -0.1) is 0 Å². The average molecular weight is 845 g/mol. The van der Waals surface area contributed by atoms with E-state index < -0.39 is 32.5 Å². The maximum Gasteiger partial charge on any atom is 0.469 e. The van der Waals surface area contributed by atoms with Crippen LogP contribution in [0.4, 0.5) is 0 Å². The number of esters is 2. The molecule has 0 saturated heterocycles. The summed E-state index contributed by atoms with van der Waals surface area (Å²) < 4.78 is 26.5. The molecule has 0 aliphatic carbocycles. The molecule has 9 heteroatoms. The Kier molecular flexibility index (Phi) is 42.0. The van der Waals surface area contributed by atoms with Crippen LogP contribution in [0.2, 0.25) is 0 Å². The number of carbonyl (C=O) groups is 2. The molecule has 0 radical (unpaired) electrons. The van der Waals surface area contributed by atoms with Gasteiger partial charge in [-0.25, -0.2) is 4.57 Å². The summed E-state index contributed by atoms with van der Waals surface area (Å²) >= 11 is 0. The first kappa shape index (κ1) is 57.1. The Hall–Kier alpha value is -0.950. The number of hydrogen-bond donors (Lipinski definition) is 2. The van der Waals surface area contributed by atoms with Crippen molar-refractivity contribution in [3.05, 3.63) is 0 Å². The second kappa shape index (κ2) is 42.7. The predicted octanol–water partition coefficient (Wildman–Crippen LogP) is 15.7. The monoisotopic (exact) mass is 845 g/mol. The number of unbranched alkanes of at least 4 members (excludes halogenated alkanes) is 31. The first-order chi connectivity index (χ1) is 28.0. The quantitative estimate of drug-likeness (QED) is 0.0353. The highest BCUT2D eigenvalue weighted by Gasteiger charge is 2.23. The van der Waals surface area contributed by atoms with Crippen molar-refractivity contribution in [2.75, 3.05) is 13.2 Å². The molecule has 0 aromatic carbocycles. The van der Waals surface area contributed by atoms with Crippen molar-refractivity contribution < 1.29 is 37.9 Å². The molecule has 58 heavy (non-hydrogen) atoms.